The van der Waals surface area contributed by atoms with E-state index in [1.165, 1.54) is 5.56 Å². The molecule has 2 aliphatic rings. The molecule has 0 heterocycles. The van der Waals surface area contributed by atoms with Crippen LogP contribution in [0.5, 0.6) is 17.2 Å². The van der Waals surface area contributed by atoms with Crippen molar-refractivity contribution in [3.63, 3.8) is 0 Å². The van der Waals surface area contributed by atoms with Crippen LogP contribution in [0.25, 0.3) is 0 Å². The van der Waals surface area contributed by atoms with E-state index in [2.05, 4.69) is 11.4 Å². The molecule has 2 aromatic carbocycles. The Labute approximate surface area is 195 Å². The molecule has 170 valence electrons. The maximum Gasteiger partial charge on any atom is 0.160 e. The zero-order valence-electron chi connectivity index (χ0n) is 19.2. The van der Waals surface area contributed by atoms with E-state index in [9.17, 15) is 4.79 Å². The number of rotatable bonds is 6. The van der Waals surface area contributed by atoms with Crippen molar-refractivity contribution < 1.29 is 19.0 Å². The lowest BCUT2D eigenvalue weighted by atomic mass is 9.60. The van der Waals surface area contributed by atoms with Gasteiger partial charge in [-0.25, -0.2) is 0 Å². The van der Waals surface area contributed by atoms with Gasteiger partial charge in [0.05, 0.1) is 18.2 Å². The van der Waals surface area contributed by atoms with E-state index in [4.69, 9.17) is 26.4 Å². The molecule has 0 bridgehead atoms. The van der Waals surface area contributed by atoms with E-state index < -0.39 is 5.54 Å². The smallest absolute Gasteiger partial charge is 0.160 e. The molecule has 32 heavy (non-hydrogen) atoms. The van der Waals surface area contributed by atoms with Gasteiger partial charge in [0.15, 0.2) is 5.78 Å². The third kappa shape index (κ3) is 3.80. The predicted molar refractivity (Wildman–Crippen MR) is 129 cm³/mol. The van der Waals surface area contributed by atoms with Gasteiger partial charge < -0.3 is 19.5 Å². The third-order valence-electron chi connectivity index (χ3n) is 7.20. The number of carbonyl (C=O) groups is 1. The van der Waals surface area contributed by atoms with Crippen LogP contribution in [0, 0.1) is 5.41 Å². The zero-order chi connectivity index (χ0) is 22.9. The molecule has 0 amide bonds. The monoisotopic (exact) mass is 453 g/mol. The fourth-order valence-electron chi connectivity index (χ4n) is 5.75. The van der Waals surface area contributed by atoms with Gasteiger partial charge >= 0.3 is 0 Å². The maximum absolute atomic E-state index is 13.4. The van der Waals surface area contributed by atoms with Crippen LogP contribution >= 0.6 is 12.2 Å². The van der Waals surface area contributed by atoms with Crippen molar-refractivity contribution in [3.8, 4) is 17.2 Å². The summed E-state index contributed by atoms with van der Waals surface area (Å²) < 4.78 is 17.1. The number of fused-ring (bicyclic) bond motifs is 1. The van der Waals surface area contributed by atoms with E-state index in [0.29, 0.717) is 16.5 Å². The van der Waals surface area contributed by atoms with Gasteiger partial charge in [0.1, 0.15) is 22.8 Å². The maximum atomic E-state index is 13.4. The van der Waals surface area contributed by atoms with Crippen LogP contribution < -0.4 is 14.8 Å². The molecular formula is C26H31NO4S. The molecule has 1 saturated carbocycles. The summed E-state index contributed by atoms with van der Waals surface area (Å²) in [5.41, 5.74) is 1.06. The predicted octanol–water partition coefficient (Wildman–Crippen LogP) is 5.34. The van der Waals surface area contributed by atoms with Crippen LogP contribution in [0.4, 0.5) is 0 Å². The Morgan fingerprint density at radius 2 is 1.72 bits per heavy atom. The van der Waals surface area contributed by atoms with Crippen LogP contribution in [0.2, 0.25) is 0 Å². The summed E-state index contributed by atoms with van der Waals surface area (Å²) >= 11 is 5.48. The summed E-state index contributed by atoms with van der Waals surface area (Å²) in [6.07, 6.45) is 4.76. The van der Waals surface area contributed by atoms with Gasteiger partial charge in [-0.1, -0.05) is 24.4 Å². The SMILES string of the molecule is COc1cccc(Oc2ccc3c(c2)C(NC(C)=S)(C(C)=O)C2(CCC(OC)CC2)C3)c1. The second-order valence-electron chi connectivity index (χ2n) is 8.98. The van der Waals surface area contributed by atoms with Gasteiger partial charge in [0.2, 0.25) is 0 Å². The number of carbonyl (C=O) groups excluding carboxylic acids is 1. The van der Waals surface area contributed by atoms with Gasteiger partial charge in [-0.15, -0.1) is 0 Å². The van der Waals surface area contributed by atoms with Gasteiger partial charge in [0, 0.05) is 18.6 Å². The van der Waals surface area contributed by atoms with E-state index >= 15 is 0 Å². The topological polar surface area (TPSA) is 56.8 Å². The van der Waals surface area contributed by atoms with Crippen LogP contribution in [0.1, 0.15) is 50.7 Å². The zero-order valence-corrected chi connectivity index (χ0v) is 20.0. The van der Waals surface area contributed by atoms with E-state index in [-0.39, 0.29) is 17.3 Å². The summed E-state index contributed by atoms with van der Waals surface area (Å²) in [6.45, 7) is 3.53. The molecular weight excluding hydrogens is 422 g/mol. The Bertz CT molecular complexity index is 1030. The van der Waals surface area contributed by atoms with Gasteiger partial charge in [0.25, 0.3) is 0 Å². The van der Waals surface area contributed by atoms with Crippen molar-refractivity contribution in [2.75, 3.05) is 14.2 Å². The quantitative estimate of drug-likeness (QED) is 0.596. The highest BCUT2D eigenvalue weighted by molar-refractivity contribution is 7.80. The molecule has 0 aliphatic heterocycles. The molecule has 4 rings (SSSR count). The third-order valence-corrected chi connectivity index (χ3v) is 7.30. The van der Waals surface area contributed by atoms with Crippen molar-refractivity contribution in [2.24, 2.45) is 5.41 Å². The highest BCUT2D eigenvalue weighted by atomic mass is 32.1. The largest absolute Gasteiger partial charge is 0.497 e. The summed E-state index contributed by atoms with van der Waals surface area (Å²) in [4.78, 5) is 14.1. The minimum atomic E-state index is -0.860. The molecule has 1 unspecified atom stereocenters. The van der Waals surface area contributed by atoms with E-state index in [1.54, 1.807) is 21.1 Å². The Balaban J connectivity index is 1.77. The number of methoxy groups -OCH3 is 2. The van der Waals surface area contributed by atoms with E-state index in [0.717, 1.165) is 43.4 Å². The highest BCUT2D eigenvalue weighted by Crippen LogP contribution is 2.59. The lowest BCUT2D eigenvalue weighted by Gasteiger charge is -2.49. The Hall–Kier alpha value is -2.44. The summed E-state index contributed by atoms with van der Waals surface area (Å²) in [5, 5.41) is 3.48. The van der Waals surface area contributed by atoms with Crippen LogP contribution in [-0.2, 0) is 21.5 Å². The first-order chi connectivity index (χ1) is 15.3. The molecule has 1 spiro atoms. The number of thiocarbonyl (C=S) groups is 1. The van der Waals surface area contributed by atoms with Crippen molar-refractivity contribution in [1.29, 1.82) is 0 Å². The number of hydrogen-bond acceptors (Lipinski definition) is 5. The van der Waals surface area contributed by atoms with Crippen molar-refractivity contribution in [2.45, 2.75) is 57.6 Å². The first-order valence-electron chi connectivity index (χ1n) is 11.1. The summed E-state index contributed by atoms with van der Waals surface area (Å²) in [7, 11) is 3.40. The molecule has 0 saturated heterocycles. The van der Waals surface area contributed by atoms with Gasteiger partial charge in [-0.2, -0.15) is 0 Å². The molecule has 0 aromatic heterocycles. The highest BCUT2D eigenvalue weighted by Gasteiger charge is 2.61. The lowest BCUT2D eigenvalue weighted by molar-refractivity contribution is -0.130. The van der Waals surface area contributed by atoms with Gasteiger partial charge in [-0.3, -0.25) is 4.79 Å². The molecule has 0 radical (unpaired) electrons. The van der Waals surface area contributed by atoms with E-state index in [1.807, 2.05) is 43.3 Å². The fourth-order valence-corrected chi connectivity index (χ4v) is 5.91. The van der Waals surface area contributed by atoms with Crippen molar-refractivity contribution in [1.82, 2.24) is 5.32 Å². The lowest BCUT2D eigenvalue weighted by Crippen LogP contribution is -2.60. The molecule has 1 N–H and O–H groups in total. The van der Waals surface area contributed by atoms with Crippen molar-refractivity contribution in [3.05, 3.63) is 53.6 Å². The molecule has 5 nitrogen and oxygen atoms in total. The van der Waals surface area contributed by atoms with Crippen LogP contribution in [-0.4, -0.2) is 31.1 Å². The summed E-state index contributed by atoms with van der Waals surface area (Å²) in [6, 6.07) is 13.6. The average Bonchev–Trinajstić information content (AvgIpc) is 3.03. The van der Waals surface area contributed by atoms with Crippen LogP contribution in [0.3, 0.4) is 0 Å². The second kappa shape index (κ2) is 8.83. The first kappa shape index (κ1) is 22.7. The minimum Gasteiger partial charge on any atom is -0.497 e. The Morgan fingerprint density at radius 3 is 2.34 bits per heavy atom. The summed E-state index contributed by atoms with van der Waals surface area (Å²) in [5.74, 6) is 2.20. The Morgan fingerprint density at radius 1 is 1.03 bits per heavy atom. The molecule has 2 aliphatic carbocycles. The van der Waals surface area contributed by atoms with Gasteiger partial charge in [-0.05, 0) is 81.3 Å². The standard InChI is InChI=1S/C26H31NO4S/c1-17(28)26(27-18(2)32)24-15-23(31-22-7-5-6-21(14-22)30-4)9-8-19(24)16-25(26)12-10-20(29-3)11-13-25/h5-9,14-15,20H,10-13,16H2,1-4H3,(H,27,32). The molecule has 2 aromatic rings. The number of hydrogen-bond donors (Lipinski definition) is 1. The number of nitrogens with one attached hydrogen (secondary N) is 1. The number of Topliss-reactive ketones (excluding diaryl/α,β-unsaturated/α-hetero) is 1. The number of ketones is 1. The average molecular weight is 454 g/mol. The molecule has 1 fully saturated rings. The molecule has 6 heteroatoms. The van der Waals surface area contributed by atoms with Crippen LogP contribution in [0.15, 0.2) is 42.5 Å². The normalized spacial score (nSPS) is 26.4. The van der Waals surface area contributed by atoms with Crippen molar-refractivity contribution >= 4 is 23.0 Å². The first-order valence-corrected chi connectivity index (χ1v) is 11.5. The fraction of sp³-hybridized carbons (Fsp3) is 0.462. The molecule has 1 atom stereocenters. The Kier molecular flexibility index (Phi) is 6.28. The minimum absolute atomic E-state index is 0.0925. The second-order valence-corrected chi connectivity index (χ2v) is 9.59. The number of ether oxygens (including phenoxy) is 3. The number of benzene rings is 2.